The fourth-order valence-electron chi connectivity index (χ4n) is 1.56. The average Bonchev–Trinajstić information content (AvgIpc) is 2.70. The number of sulfonamides is 1. The smallest absolute Gasteiger partial charge is 0.244 e. The molecule has 108 valence electrons. The van der Waals surface area contributed by atoms with Crippen molar-refractivity contribution < 1.29 is 8.42 Å². The molecule has 0 amide bonds. The van der Waals surface area contributed by atoms with E-state index in [-0.39, 0.29) is 17.1 Å². The molecule has 0 saturated heterocycles. The highest BCUT2D eigenvalue weighted by atomic mass is 79.9. The average molecular weight is 425 g/mol. The van der Waals surface area contributed by atoms with Crippen LogP contribution in [-0.2, 0) is 23.6 Å². The zero-order valence-electron chi connectivity index (χ0n) is 10.3. The van der Waals surface area contributed by atoms with E-state index in [2.05, 4.69) is 46.8 Å². The summed E-state index contributed by atoms with van der Waals surface area (Å²) in [6.07, 6.45) is 1.49. The highest BCUT2D eigenvalue weighted by molar-refractivity contribution is 9.11. The fraction of sp³-hybridized carbons (Fsp3) is 0.200. The van der Waals surface area contributed by atoms with Gasteiger partial charge in [-0.25, -0.2) is 13.1 Å². The van der Waals surface area contributed by atoms with Crippen LogP contribution in [0, 0.1) is 0 Å². The van der Waals surface area contributed by atoms with Crippen LogP contribution in [0.25, 0.3) is 0 Å². The van der Waals surface area contributed by atoms with Crippen molar-refractivity contribution in [2.45, 2.75) is 11.4 Å². The number of nitrogens with two attached hydrogens (primary N) is 1. The predicted molar refractivity (Wildman–Crippen MR) is 81.3 cm³/mol. The van der Waals surface area contributed by atoms with Crippen LogP contribution >= 0.6 is 31.9 Å². The minimum absolute atomic E-state index is 0.00266. The van der Waals surface area contributed by atoms with Crippen molar-refractivity contribution in [3.63, 3.8) is 0 Å². The number of nitrogens with zero attached hydrogens (tertiary/aromatic N) is 3. The largest absolute Gasteiger partial charge is 0.398 e. The topological polar surface area (TPSA) is 103 Å². The van der Waals surface area contributed by atoms with Gasteiger partial charge >= 0.3 is 0 Å². The van der Waals surface area contributed by atoms with E-state index in [1.54, 1.807) is 17.7 Å². The molecule has 0 fully saturated rings. The quantitative estimate of drug-likeness (QED) is 0.722. The van der Waals surface area contributed by atoms with Crippen LogP contribution in [-0.4, -0.2) is 23.2 Å². The number of nitrogens with one attached hydrogen (secondary N) is 1. The van der Waals surface area contributed by atoms with E-state index in [0.717, 1.165) is 0 Å². The first-order chi connectivity index (χ1) is 9.31. The summed E-state index contributed by atoms with van der Waals surface area (Å²) in [7, 11) is -2.03. The van der Waals surface area contributed by atoms with Gasteiger partial charge in [-0.2, -0.15) is 0 Å². The summed E-state index contributed by atoms with van der Waals surface area (Å²) in [6, 6.07) is 3.15. The second kappa shape index (κ2) is 5.80. The van der Waals surface area contributed by atoms with Crippen molar-refractivity contribution in [2.75, 3.05) is 5.73 Å². The number of hydrogen-bond acceptors (Lipinski definition) is 5. The van der Waals surface area contributed by atoms with Crippen LogP contribution in [0.3, 0.4) is 0 Å². The van der Waals surface area contributed by atoms with Crippen LogP contribution in [0.5, 0.6) is 0 Å². The Labute approximate surface area is 132 Å². The monoisotopic (exact) mass is 423 g/mol. The standard InChI is InChI=1S/C10H11Br2N5O2S/c1-17-5-14-16-9(17)4-15-20(18,19)10-7(12)2-6(11)3-8(10)13/h2-3,5,15H,4,13H2,1H3. The third-order valence-electron chi connectivity index (χ3n) is 2.53. The number of halogens is 2. The summed E-state index contributed by atoms with van der Waals surface area (Å²) < 4.78 is 29.7. The van der Waals surface area contributed by atoms with Gasteiger partial charge in [0.15, 0.2) is 0 Å². The second-order valence-electron chi connectivity index (χ2n) is 3.99. The summed E-state index contributed by atoms with van der Waals surface area (Å²) >= 11 is 6.45. The number of hydrogen-bond donors (Lipinski definition) is 2. The van der Waals surface area contributed by atoms with E-state index in [4.69, 9.17) is 5.73 Å². The summed E-state index contributed by atoms with van der Waals surface area (Å²) in [5.74, 6) is 0.500. The molecule has 0 atom stereocenters. The molecule has 1 aromatic heterocycles. The van der Waals surface area contributed by atoms with Crippen molar-refractivity contribution >= 4 is 47.6 Å². The lowest BCUT2D eigenvalue weighted by molar-refractivity contribution is 0.577. The maximum atomic E-state index is 12.3. The molecule has 2 rings (SSSR count). The molecule has 0 aliphatic rings. The minimum Gasteiger partial charge on any atom is -0.398 e. The van der Waals surface area contributed by atoms with Gasteiger partial charge < -0.3 is 10.3 Å². The van der Waals surface area contributed by atoms with E-state index < -0.39 is 10.0 Å². The Morgan fingerprint density at radius 3 is 2.65 bits per heavy atom. The molecule has 0 bridgehead atoms. The highest BCUT2D eigenvalue weighted by Gasteiger charge is 2.22. The summed E-state index contributed by atoms with van der Waals surface area (Å²) in [5.41, 5.74) is 5.92. The Balaban J connectivity index is 2.30. The number of anilines is 1. The van der Waals surface area contributed by atoms with Crippen molar-refractivity contribution in [2.24, 2.45) is 7.05 Å². The molecule has 0 aliphatic heterocycles. The Bertz CT molecular complexity index is 721. The van der Waals surface area contributed by atoms with E-state index in [1.165, 1.54) is 12.4 Å². The van der Waals surface area contributed by atoms with Gasteiger partial charge in [-0.1, -0.05) is 15.9 Å². The Morgan fingerprint density at radius 1 is 1.40 bits per heavy atom. The molecule has 10 heteroatoms. The minimum atomic E-state index is -3.76. The van der Waals surface area contributed by atoms with Crippen molar-refractivity contribution in [3.05, 3.63) is 33.2 Å². The molecule has 1 heterocycles. The lowest BCUT2D eigenvalue weighted by atomic mass is 10.3. The summed E-state index contributed by atoms with van der Waals surface area (Å²) in [6.45, 7) is 0.0285. The van der Waals surface area contributed by atoms with E-state index in [1.807, 2.05) is 0 Å². The van der Waals surface area contributed by atoms with Crippen molar-refractivity contribution in [1.29, 1.82) is 0 Å². The lowest BCUT2D eigenvalue weighted by Crippen LogP contribution is -2.26. The van der Waals surface area contributed by atoms with Crippen molar-refractivity contribution in [1.82, 2.24) is 19.5 Å². The third-order valence-corrected chi connectivity index (χ3v) is 5.39. The third kappa shape index (κ3) is 3.19. The molecule has 0 radical (unpaired) electrons. The molecular formula is C10H11Br2N5O2S. The van der Waals surface area contributed by atoms with Crippen LogP contribution in [0.2, 0.25) is 0 Å². The fourth-order valence-corrected chi connectivity index (χ4v) is 4.61. The first-order valence-corrected chi connectivity index (χ1v) is 8.45. The van der Waals surface area contributed by atoms with Gasteiger partial charge in [0.1, 0.15) is 17.0 Å². The Kier molecular flexibility index (Phi) is 4.47. The van der Waals surface area contributed by atoms with Gasteiger partial charge in [-0.05, 0) is 28.1 Å². The molecule has 0 unspecified atom stereocenters. The van der Waals surface area contributed by atoms with Gasteiger partial charge in [0.05, 0.1) is 12.2 Å². The lowest BCUT2D eigenvalue weighted by Gasteiger charge is -2.11. The summed E-state index contributed by atoms with van der Waals surface area (Å²) in [5, 5.41) is 7.49. The predicted octanol–water partition coefficient (Wildman–Crippen LogP) is 1.40. The molecule has 2 aromatic rings. The zero-order valence-corrected chi connectivity index (χ0v) is 14.3. The molecule has 0 saturated carbocycles. The van der Waals surface area contributed by atoms with Crippen LogP contribution in [0.1, 0.15) is 5.82 Å². The van der Waals surface area contributed by atoms with Gasteiger partial charge in [-0.3, -0.25) is 0 Å². The van der Waals surface area contributed by atoms with E-state index in [0.29, 0.717) is 14.8 Å². The van der Waals surface area contributed by atoms with Crippen LogP contribution < -0.4 is 10.5 Å². The first kappa shape index (κ1) is 15.4. The molecular weight excluding hydrogens is 414 g/mol. The molecule has 3 N–H and O–H groups in total. The highest BCUT2D eigenvalue weighted by Crippen LogP contribution is 2.31. The van der Waals surface area contributed by atoms with E-state index in [9.17, 15) is 8.42 Å². The molecule has 1 aromatic carbocycles. The number of aromatic nitrogens is 3. The normalized spacial score (nSPS) is 11.8. The zero-order chi connectivity index (χ0) is 14.9. The second-order valence-corrected chi connectivity index (χ2v) is 7.46. The number of nitrogen functional groups attached to an aromatic ring is 1. The molecule has 0 aliphatic carbocycles. The van der Waals surface area contributed by atoms with Gasteiger partial charge in [0.25, 0.3) is 0 Å². The number of aryl methyl sites for hydroxylation is 1. The van der Waals surface area contributed by atoms with Gasteiger partial charge in [0.2, 0.25) is 10.0 Å². The summed E-state index contributed by atoms with van der Waals surface area (Å²) in [4.78, 5) is 0.00266. The van der Waals surface area contributed by atoms with Crippen LogP contribution in [0.15, 0.2) is 32.3 Å². The Morgan fingerprint density at radius 2 is 2.10 bits per heavy atom. The van der Waals surface area contributed by atoms with Crippen molar-refractivity contribution in [3.8, 4) is 0 Å². The SMILES string of the molecule is Cn1cnnc1CNS(=O)(=O)c1c(N)cc(Br)cc1Br. The maximum absolute atomic E-state index is 12.3. The number of rotatable bonds is 4. The molecule has 20 heavy (non-hydrogen) atoms. The molecule has 7 nitrogen and oxygen atoms in total. The Hall–Kier alpha value is -0.970. The first-order valence-electron chi connectivity index (χ1n) is 5.38. The van der Waals surface area contributed by atoms with Gasteiger partial charge in [-0.15, -0.1) is 10.2 Å². The van der Waals surface area contributed by atoms with Crippen LogP contribution in [0.4, 0.5) is 5.69 Å². The van der Waals surface area contributed by atoms with E-state index >= 15 is 0 Å². The molecule has 0 spiro atoms. The maximum Gasteiger partial charge on any atom is 0.244 e. The van der Waals surface area contributed by atoms with Gasteiger partial charge in [0, 0.05) is 16.0 Å². The number of benzene rings is 1.